The summed E-state index contributed by atoms with van der Waals surface area (Å²) in [6, 6.07) is 5.61. The number of halogens is 1. The summed E-state index contributed by atoms with van der Waals surface area (Å²) in [6.07, 6.45) is 3.29. The largest absolute Gasteiger partial charge is 0.494 e. The van der Waals surface area contributed by atoms with Crippen molar-refractivity contribution in [2.24, 2.45) is 0 Å². The third-order valence-electron chi connectivity index (χ3n) is 4.10. The maximum Gasteiger partial charge on any atom is 0.298 e. The van der Waals surface area contributed by atoms with Crippen LogP contribution in [0.4, 0.5) is 5.13 Å². The van der Waals surface area contributed by atoms with Crippen LogP contribution in [0.2, 0.25) is 5.02 Å². The molecular formula is C17H17ClN2O4S. The van der Waals surface area contributed by atoms with E-state index in [2.05, 4.69) is 4.98 Å². The number of carbonyl (C=O) groups excluding carboxylic acids is 1. The molecule has 2 aliphatic rings. The zero-order valence-corrected chi connectivity index (χ0v) is 15.0. The number of ether oxygens (including phenoxy) is 3. The van der Waals surface area contributed by atoms with Gasteiger partial charge < -0.3 is 14.2 Å². The quantitative estimate of drug-likeness (QED) is 0.814. The van der Waals surface area contributed by atoms with Crippen molar-refractivity contribution in [2.45, 2.75) is 18.9 Å². The minimum atomic E-state index is -0.273. The van der Waals surface area contributed by atoms with Crippen LogP contribution in [0.1, 0.15) is 12.8 Å². The van der Waals surface area contributed by atoms with Gasteiger partial charge in [0.1, 0.15) is 25.0 Å². The first-order valence-electron chi connectivity index (χ1n) is 8.15. The summed E-state index contributed by atoms with van der Waals surface area (Å²) in [5.41, 5.74) is 0.698. The molecule has 0 bridgehead atoms. The van der Waals surface area contributed by atoms with Crippen LogP contribution in [0.15, 0.2) is 30.2 Å². The molecule has 0 aliphatic carbocycles. The minimum absolute atomic E-state index is 0.00320. The molecule has 1 unspecified atom stereocenters. The molecule has 3 heterocycles. The predicted octanol–water partition coefficient (Wildman–Crippen LogP) is 3.35. The number of thiazole rings is 1. The maximum atomic E-state index is 13.0. The number of nitrogens with zero attached hydrogens (tertiary/aromatic N) is 2. The number of aromatic nitrogens is 1. The fourth-order valence-electron chi connectivity index (χ4n) is 2.87. The normalized spacial score (nSPS) is 20.0. The first kappa shape index (κ1) is 16.6. The fraction of sp³-hybridized carbons (Fsp3) is 0.412. The molecule has 4 rings (SSSR count). The molecule has 6 nitrogen and oxygen atoms in total. The van der Waals surface area contributed by atoms with Crippen molar-refractivity contribution in [2.75, 3.05) is 31.3 Å². The van der Waals surface area contributed by atoms with Gasteiger partial charge in [-0.2, -0.15) is 0 Å². The number of amides is 1. The number of hydrogen-bond donors (Lipinski definition) is 0. The number of rotatable bonds is 4. The van der Waals surface area contributed by atoms with Gasteiger partial charge in [-0.05, 0) is 25.0 Å². The first-order chi connectivity index (χ1) is 12.2. The Balaban J connectivity index is 1.68. The summed E-state index contributed by atoms with van der Waals surface area (Å²) >= 11 is 7.66. The van der Waals surface area contributed by atoms with Crippen molar-refractivity contribution in [3.05, 3.63) is 35.2 Å². The average molecular weight is 381 g/mol. The lowest BCUT2D eigenvalue weighted by atomic mass is 10.2. The Labute approximate surface area is 153 Å². The number of hydrogen-bond acceptors (Lipinski definition) is 6. The lowest BCUT2D eigenvalue weighted by Gasteiger charge is -2.25. The average Bonchev–Trinajstić information content (AvgIpc) is 3.30. The molecule has 1 aromatic carbocycles. The van der Waals surface area contributed by atoms with E-state index in [4.69, 9.17) is 25.8 Å². The molecule has 2 aromatic rings. The summed E-state index contributed by atoms with van der Waals surface area (Å²) in [6.45, 7) is 1.95. The van der Waals surface area contributed by atoms with Crippen LogP contribution < -0.4 is 4.90 Å². The molecule has 2 aliphatic heterocycles. The monoisotopic (exact) mass is 380 g/mol. The summed E-state index contributed by atoms with van der Waals surface area (Å²) in [5.74, 6) is -0.0834. The molecule has 1 saturated heterocycles. The summed E-state index contributed by atoms with van der Waals surface area (Å²) in [4.78, 5) is 19.2. The topological polar surface area (TPSA) is 60.9 Å². The summed E-state index contributed by atoms with van der Waals surface area (Å²) in [5, 5.41) is 1.15. The van der Waals surface area contributed by atoms with Crippen molar-refractivity contribution in [1.29, 1.82) is 0 Å². The van der Waals surface area contributed by atoms with E-state index in [1.165, 1.54) is 17.6 Å². The SMILES string of the molecule is O=C(C1=COCCO1)N(CC1CCCO1)c1nc2c(Cl)cccc2s1. The second-order valence-electron chi connectivity index (χ2n) is 5.84. The van der Waals surface area contributed by atoms with Gasteiger partial charge >= 0.3 is 0 Å². The molecule has 1 aromatic heterocycles. The van der Waals surface area contributed by atoms with Gasteiger partial charge in [0.05, 0.1) is 22.4 Å². The van der Waals surface area contributed by atoms with Gasteiger partial charge in [-0.3, -0.25) is 9.69 Å². The van der Waals surface area contributed by atoms with E-state index in [0.717, 1.165) is 24.1 Å². The Morgan fingerprint density at radius 3 is 3.00 bits per heavy atom. The zero-order valence-electron chi connectivity index (χ0n) is 13.4. The third-order valence-corrected chi connectivity index (χ3v) is 5.45. The Hall–Kier alpha value is -1.83. The van der Waals surface area contributed by atoms with Crippen LogP contribution in [-0.2, 0) is 19.0 Å². The highest BCUT2D eigenvalue weighted by Gasteiger charge is 2.30. The molecule has 25 heavy (non-hydrogen) atoms. The predicted molar refractivity (Wildman–Crippen MR) is 95.9 cm³/mol. The lowest BCUT2D eigenvalue weighted by Crippen LogP contribution is -2.39. The molecule has 132 valence electrons. The van der Waals surface area contributed by atoms with E-state index in [-0.39, 0.29) is 17.8 Å². The van der Waals surface area contributed by atoms with Gasteiger partial charge in [0.25, 0.3) is 5.91 Å². The Kier molecular flexibility index (Phi) is 4.78. The Morgan fingerprint density at radius 1 is 1.36 bits per heavy atom. The van der Waals surface area contributed by atoms with Crippen LogP contribution in [0.3, 0.4) is 0 Å². The third kappa shape index (κ3) is 3.44. The molecule has 1 amide bonds. The highest BCUT2D eigenvalue weighted by molar-refractivity contribution is 7.22. The fourth-order valence-corrected chi connectivity index (χ4v) is 4.15. The van der Waals surface area contributed by atoms with E-state index >= 15 is 0 Å². The second kappa shape index (κ2) is 7.19. The summed E-state index contributed by atoms with van der Waals surface area (Å²) in [7, 11) is 0. The van der Waals surface area contributed by atoms with Crippen molar-refractivity contribution >= 4 is 44.2 Å². The van der Waals surface area contributed by atoms with Crippen molar-refractivity contribution in [1.82, 2.24) is 4.98 Å². The standard InChI is InChI=1S/C17H17ClN2O4S/c18-12-4-1-5-14-15(12)19-17(25-14)20(9-11-3-2-6-23-11)16(21)13-10-22-7-8-24-13/h1,4-5,10-11H,2-3,6-9H2. The Morgan fingerprint density at radius 2 is 2.28 bits per heavy atom. The highest BCUT2D eigenvalue weighted by atomic mass is 35.5. The van der Waals surface area contributed by atoms with E-state index < -0.39 is 0 Å². The van der Waals surface area contributed by atoms with Crippen LogP contribution in [-0.4, -0.2) is 43.4 Å². The first-order valence-corrected chi connectivity index (χ1v) is 9.35. The van der Waals surface area contributed by atoms with Gasteiger partial charge in [-0.25, -0.2) is 4.98 Å². The van der Waals surface area contributed by atoms with Gasteiger partial charge in [0.2, 0.25) is 5.76 Å². The van der Waals surface area contributed by atoms with Gasteiger partial charge in [0.15, 0.2) is 5.13 Å². The number of carbonyl (C=O) groups is 1. The van der Waals surface area contributed by atoms with Crippen LogP contribution in [0.25, 0.3) is 10.2 Å². The van der Waals surface area contributed by atoms with E-state index in [1.54, 1.807) is 11.0 Å². The Bertz CT molecular complexity index is 816. The lowest BCUT2D eigenvalue weighted by molar-refractivity contribution is -0.120. The van der Waals surface area contributed by atoms with Crippen molar-refractivity contribution < 1.29 is 19.0 Å². The second-order valence-corrected chi connectivity index (χ2v) is 7.25. The van der Waals surface area contributed by atoms with Crippen LogP contribution in [0.5, 0.6) is 0 Å². The maximum absolute atomic E-state index is 13.0. The van der Waals surface area contributed by atoms with E-state index in [0.29, 0.717) is 35.4 Å². The molecule has 0 spiro atoms. The summed E-state index contributed by atoms with van der Waals surface area (Å²) < 4.78 is 17.3. The van der Waals surface area contributed by atoms with Gasteiger partial charge in [-0.1, -0.05) is 29.0 Å². The number of benzene rings is 1. The smallest absolute Gasteiger partial charge is 0.298 e. The number of anilines is 1. The molecular weight excluding hydrogens is 364 g/mol. The molecule has 1 fully saturated rings. The number of para-hydroxylation sites is 1. The van der Waals surface area contributed by atoms with Gasteiger partial charge in [-0.15, -0.1) is 0 Å². The molecule has 0 N–H and O–H groups in total. The molecule has 0 radical (unpaired) electrons. The zero-order chi connectivity index (χ0) is 17.2. The van der Waals surface area contributed by atoms with Crippen molar-refractivity contribution in [3.8, 4) is 0 Å². The highest BCUT2D eigenvalue weighted by Crippen LogP contribution is 2.34. The van der Waals surface area contributed by atoms with Crippen LogP contribution in [0, 0.1) is 0 Å². The molecule has 1 atom stereocenters. The minimum Gasteiger partial charge on any atom is -0.494 e. The van der Waals surface area contributed by atoms with Crippen LogP contribution >= 0.6 is 22.9 Å². The van der Waals surface area contributed by atoms with Gasteiger partial charge in [0, 0.05) is 6.61 Å². The number of fused-ring (bicyclic) bond motifs is 1. The van der Waals surface area contributed by atoms with E-state index in [9.17, 15) is 4.79 Å². The van der Waals surface area contributed by atoms with E-state index in [1.807, 2.05) is 12.1 Å². The molecule has 0 saturated carbocycles. The molecule has 8 heteroatoms. The van der Waals surface area contributed by atoms with Crippen molar-refractivity contribution in [3.63, 3.8) is 0 Å².